The van der Waals surface area contributed by atoms with Crippen LogP contribution in [0.25, 0.3) is 0 Å². The van der Waals surface area contributed by atoms with Gasteiger partial charge in [0.15, 0.2) is 5.96 Å². The Morgan fingerprint density at radius 2 is 2.29 bits per heavy atom. The molecule has 80 valence electrons. The molecule has 0 aromatic heterocycles. The van der Waals surface area contributed by atoms with Crippen molar-refractivity contribution in [3.05, 3.63) is 12.7 Å². The molecule has 0 fully saturated rings. The van der Waals surface area contributed by atoms with Gasteiger partial charge in [0.1, 0.15) is 6.04 Å². The summed E-state index contributed by atoms with van der Waals surface area (Å²) in [7, 11) is 0. The van der Waals surface area contributed by atoms with E-state index in [0.717, 1.165) is 0 Å². The third kappa shape index (κ3) is 6.01. The minimum absolute atomic E-state index is 0.141. The molecule has 0 rings (SSSR count). The molecule has 0 aliphatic rings. The number of nitrogens with one attached hydrogen (secondary N) is 3. The normalized spacial score (nSPS) is 11.5. The summed E-state index contributed by atoms with van der Waals surface area (Å²) >= 11 is 0. The second-order valence-corrected chi connectivity index (χ2v) is 2.70. The van der Waals surface area contributed by atoms with Crippen LogP contribution in [0, 0.1) is 5.41 Å². The van der Waals surface area contributed by atoms with Crippen molar-refractivity contribution in [1.82, 2.24) is 10.6 Å². The molecule has 6 N–H and O–H groups in total. The highest BCUT2D eigenvalue weighted by molar-refractivity contribution is 5.76. The first-order valence-corrected chi connectivity index (χ1v) is 4.23. The lowest BCUT2D eigenvalue weighted by Gasteiger charge is -2.10. The second kappa shape index (κ2) is 6.90. The van der Waals surface area contributed by atoms with E-state index >= 15 is 0 Å². The standard InChI is InChI=1S/C8H16N4O2/c1-2-4-11-8(10)12-5-3-6(9)7(13)14/h2,6H,1,3-5,9H2,(H,13,14)(H3,10,11,12)/t6-/m0/s1. The van der Waals surface area contributed by atoms with Gasteiger partial charge >= 0.3 is 5.97 Å². The highest BCUT2D eigenvalue weighted by Gasteiger charge is 2.10. The van der Waals surface area contributed by atoms with E-state index < -0.39 is 12.0 Å². The molecule has 0 radical (unpaired) electrons. The fourth-order valence-corrected chi connectivity index (χ4v) is 0.713. The van der Waals surface area contributed by atoms with Crippen molar-refractivity contribution >= 4 is 11.9 Å². The Balaban J connectivity index is 3.48. The topological polar surface area (TPSA) is 111 Å². The Hall–Kier alpha value is -1.56. The number of guanidine groups is 1. The molecule has 0 amide bonds. The molecule has 0 bridgehead atoms. The van der Waals surface area contributed by atoms with Crippen molar-refractivity contribution in [1.29, 1.82) is 5.41 Å². The van der Waals surface area contributed by atoms with Gasteiger partial charge in [-0.3, -0.25) is 10.2 Å². The molecule has 0 spiro atoms. The van der Waals surface area contributed by atoms with Crippen LogP contribution in [0.3, 0.4) is 0 Å². The van der Waals surface area contributed by atoms with E-state index in [1.54, 1.807) is 6.08 Å². The second-order valence-electron chi connectivity index (χ2n) is 2.70. The molecule has 0 heterocycles. The van der Waals surface area contributed by atoms with Gasteiger partial charge in [0.05, 0.1) is 0 Å². The number of nitrogens with two attached hydrogens (primary N) is 1. The molecule has 1 atom stereocenters. The van der Waals surface area contributed by atoms with Gasteiger partial charge in [0, 0.05) is 13.1 Å². The maximum absolute atomic E-state index is 10.3. The largest absolute Gasteiger partial charge is 0.480 e. The van der Waals surface area contributed by atoms with Crippen molar-refractivity contribution < 1.29 is 9.90 Å². The van der Waals surface area contributed by atoms with E-state index in [4.69, 9.17) is 16.2 Å². The van der Waals surface area contributed by atoms with E-state index in [-0.39, 0.29) is 12.4 Å². The van der Waals surface area contributed by atoms with Crippen LogP contribution in [0.5, 0.6) is 0 Å². The Morgan fingerprint density at radius 3 is 2.79 bits per heavy atom. The fourth-order valence-electron chi connectivity index (χ4n) is 0.713. The Bertz CT molecular complexity index is 217. The number of rotatable bonds is 6. The summed E-state index contributed by atoms with van der Waals surface area (Å²) in [5.74, 6) is -0.889. The molecule has 0 aromatic rings. The maximum Gasteiger partial charge on any atom is 0.320 e. The maximum atomic E-state index is 10.3. The summed E-state index contributed by atoms with van der Waals surface area (Å²) in [6.07, 6.45) is 1.91. The summed E-state index contributed by atoms with van der Waals surface area (Å²) in [5.41, 5.74) is 5.26. The van der Waals surface area contributed by atoms with E-state index in [1.807, 2.05) is 0 Å². The van der Waals surface area contributed by atoms with Crippen LogP contribution < -0.4 is 16.4 Å². The van der Waals surface area contributed by atoms with Gasteiger partial charge in [0.2, 0.25) is 0 Å². The van der Waals surface area contributed by atoms with Crippen LogP contribution in [0.4, 0.5) is 0 Å². The van der Waals surface area contributed by atoms with E-state index in [2.05, 4.69) is 17.2 Å². The lowest BCUT2D eigenvalue weighted by Crippen LogP contribution is -2.40. The quantitative estimate of drug-likeness (QED) is 0.216. The van der Waals surface area contributed by atoms with Gasteiger partial charge < -0.3 is 21.5 Å². The van der Waals surface area contributed by atoms with Gasteiger partial charge in [-0.2, -0.15) is 0 Å². The molecule has 0 aromatic carbocycles. The average molecular weight is 200 g/mol. The third-order valence-corrected chi connectivity index (χ3v) is 1.50. The number of hydrogen-bond acceptors (Lipinski definition) is 3. The predicted molar refractivity (Wildman–Crippen MR) is 54.2 cm³/mol. The molecule has 0 aliphatic carbocycles. The van der Waals surface area contributed by atoms with Crippen molar-refractivity contribution in [2.24, 2.45) is 5.73 Å². The van der Waals surface area contributed by atoms with Crippen LogP contribution in [0.1, 0.15) is 6.42 Å². The Labute approximate surface area is 82.7 Å². The summed E-state index contributed by atoms with van der Waals surface area (Å²) in [6, 6.07) is -0.880. The van der Waals surface area contributed by atoms with Crippen LogP contribution in [-0.2, 0) is 4.79 Å². The van der Waals surface area contributed by atoms with Crippen molar-refractivity contribution in [2.45, 2.75) is 12.5 Å². The highest BCUT2D eigenvalue weighted by Crippen LogP contribution is 1.85. The SMILES string of the molecule is C=CCNC(=N)NCC[C@H](N)C(=O)O. The summed E-state index contributed by atoms with van der Waals surface area (Å²) in [4.78, 5) is 10.3. The molecule has 0 saturated carbocycles. The van der Waals surface area contributed by atoms with Gasteiger partial charge in [-0.15, -0.1) is 6.58 Å². The van der Waals surface area contributed by atoms with Crippen LogP contribution in [0.15, 0.2) is 12.7 Å². The van der Waals surface area contributed by atoms with Crippen LogP contribution in [-0.4, -0.2) is 36.2 Å². The van der Waals surface area contributed by atoms with Crippen molar-refractivity contribution in [2.75, 3.05) is 13.1 Å². The summed E-state index contributed by atoms with van der Waals surface area (Å²) in [5, 5.41) is 21.1. The van der Waals surface area contributed by atoms with E-state index in [9.17, 15) is 4.79 Å². The zero-order chi connectivity index (χ0) is 11.0. The van der Waals surface area contributed by atoms with Crippen molar-refractivity contribution in [3.8, 4) is 0 Å². The molecular weight excluding hydrogens is 184 g/mol. The number of carboxylic acid groups (broad SMARTS) is 1. The molecule has 6 nitrogen and oxygen atoms in total. The van der Waals surface area contributed by atoms with Crippen molar-refractivity contribution in [3.63, 3.8) is 0 Å². The fraction of sp³-hybridized carbons (Fsp3) is 0.500. The Kier molecular flexibility index (Phi) is 6.13. The average Bonchev–Trinajstić information content (AvgIpc) is 2.14. The van der Waals surface area contributed by atoms with E-state index in [0.29, 0.717) is 13.1 Å². The van der Waals surface area contributed by atoms with Crippen LogP contribution in [0.2, 0.25) is 0 Å². The number of carbonyl (C=O) groups is 1. The minimum Gasteiger partial charge on any atom is -0.480 e. The van der Waals surface area contributed by atoms with Gasteiger partial charge in [-0.05, 0) is 6.42 Å². The molecule has 14 heavy (non-hydrogen) atoms. The van der Waals surface area contributed by atoms with E-state index in [1.165, 1.54) is 0 Å². The summed E-state index contributed by atoms with van der Waals surface area (Å²) < 4.78 is 0. The predicted octanol–water partition coefficient (Wildman–Crippen LogP) is -0.912. The number of carboxylic acids is 1. The zero-order valence-corrected chi connectivity index (χ0v) is 7.92. The van der Waals surface area contributed by atoms with Gasteiger partial charge in [-0.1, -0.05) is 6.08 Å². The monoisotopic (exact) mass is 200 g/mol. The first kappa shape index (κ1) is 12.4. The minimum atomic E-state index is -1.03. The van der Waals surface area contributed by atoms with Gasteiger partial charge in [-0.25, -0.2) is 0 Å². The smallest absolute Gasteiger partial charge is 0.320 e. The lowest BCUT2D eigenvalue weighted by atomic mass is 10.2. The van der Waals surface area contributed by atoms with Crippen LogP contribution >= 0.6 is 0 Å². The zero-order valence-electron chi connectivity index (χ0n) is 7.92. The lowest BCUT2D eigenvalue weighted by molar-refractivity contribution is -0.138. The molecular formula is C8H16N4O2. The first-order chi connectivity index (χ1) is 6.57. The summed E-state index contributed by atoms with van der Waals surface area (Å²) in [6.45, 7) is 4.33. The van der Waals surface area contributed by atoms with Gasteiger partial charge in [0.25, 0.3) is 0 Å². The molecule has 6 heteroatoms. The highest BCUT2D eigenvalue weighted by atomic mass is 16.4. The number of hydrogen-bond donors (Lipinski definition) is 5. The first-order valence-electron chi connectivity index (χ1n) is 4.23. The Morgan fingerprint density at radius 1 is 1.64 bits per heavy atom. The molecule has 0 unspecified atom stereocenters. The number of aliphatic carboxylic acids is 1. The molecule has 0 saturated heterocycles. The molecule has 0 aliphatic heterocycles. The third-order valence-electron chi connectivity index (χ3n) is 1.50.